The van der Waals surface area contributed by atoms with E-state index < -0.39 is 11.7 Å². The molecule has 0 aliphatic carbocycles. The van der Waals surface area contributed by atoms with E-state index in [1.165, 1.54) is 13.2 Å². The normalized spacial score (nSPS) is 20.2. The quantitative estimate of drug-likeness (QED) is 0.873. The highest BCUT2D eigenvalue weighted by molar-refractivity contribution is 5.96. The van der Waals surface area contributed by atoms with E-state index in [-0.39, 0.29) is 17.6 Å². The van der Waals surface area contributed by atoms with E-state index in [4.69, 9.17) is 4.74 Å². The highest BCUT2D eigenvalue weighted by Gasteiger charge is 2.33. The molecule has 1 unspecified atom stereocenters. The SMILES string of the molecule is COc1cc(C(F)(F)F)ccc1C1CCCN(C(=O)C2=CN(C)NC=C2)C1. The molecule has 1 amide bonds. The van der Waals surface area contributed by atoms with Gasteiger partial charge in [-0.15, -0.1) is 0 Å². The number of carbonyl (C=O) groups excluding carboxylic acids is 1. The lowest BCUT2D eigenvalue weighted by molar-refractivity contribution is -0.137. The number of benzene rings is 1. The van der Waals surface area contributed by atoms with E-state index >= 15 is 0 Å². The molecular formula is C19H22F3N3O2. The Labute approximate surface area is 156 Å². The minimum absolute atomic E-state index is 0.0658. The third-order valence-electron chi connectivity index (χ3n) is 4.83. The number of hydrazine groups is 1. The fourth-order valence-electron chi connectivity index (χ4n) is 3.48. The Morgan fingerprint density at radius 2 is 2.11 bits per heavy atom. The van der Waals surface area contributed by atoms with Gasteiger partial charge in [0.05, 0.1) is 18.2 Å². The Morgan fingerprint density at radius 3 is 2.78 bits per heavy atom. The third kappa shape index (κ3) is 4.20. The van der Waals surface area contributed by atoms with Crippen LogP contribution in [0.25, 0.3) is 0 Å². The number of alkyl halides is 3. The van der Waals surface area contributed by atoms with E-state index in [9.17, 15) is 18.0 Å². The molecule has 1 aromatic rings. The van der Waals surface area contributed by atoms with Crippen molar-refractivity contribution in [2.75, 3.05) is 27.2 Å². The lowest BCUT2D eigenvalue weighted by Crippen LogP contribution is -2.41. The second kappa shape index (κ2) is 7.54. The van der Waals surface area contributed by atoms with Gasteiger partial charge in [0.15, 0.2) is 0 Å². The molecule has 1 fully saturated rings. The molecule has 0 aromatic heterocycles. The average Bonchev–Trinajstić information content (AvgIpc) is 2.66. The first-order valence-electron chi connectivity index (χ1n) is 8.71. The van der Waals surface area contributed by atoms with Gasteiger partial charge in [-0.25, -0.2) is 0 Å². The smallest absolute Gasteiger partial charge is 0.416 e. The largest absolute Gasteiger partial charge is 0.496 e. The summed E-state index contributed by atoms with van der Waals surface area (Å²) in [7, 11) is 3.16. The standard InChI is InChI=1S/C19H22F3N3O2/c1-24-11-14(7-8-23-24)18(26)25-9-3-4-13(12-25)16-6-5-15(19(20,21)22)10-17(16)27-2/h5-8,10-11,13,23H,3-4,9,12H2,1-2H3. The van der Waals surface area contributed by atoms with Crippen molar-refractivity contribution in [3.05, 3.63) is 53.4 Å². The molecule has 146 valence electrons. The summed E-state index contributed by atoms with van der Waals surface area (Å²) in [6, 6.07) is 3.58. The molecule has 0 bridgehead atoms. The number of halogens is 3. The maximum absolute atomic E-state index is 13.0. The highest BCUT2D eigenvalue weighted by Crippen LogP contribution is 2.38. The van der Waals surface area contributed by atoms with Crippen molar-refractivity contribution in [2.24, 2.45) is 0 Å². The zero-order valence-corrected chi connectivity index (χ0v) is 15.2. The number of nitrogens with one attached hydrogen (secondary N) is 1. The lowest BCUT2D eigenvalue weighted by atomic mass is 9.89. The third-order valence-corrected chi connectivity index (χ3v) is 4.83. The molecule has 1 aromatic carbocycles. The first kappa shape index (κ1) is 19.1. The molecule has 2 heterocycles. The Morgan fingerprint density at radius 1 is 1.33 bits per heavy atom. The number of piperidine rings is 1. The van der Waals surface area contributed by atoms with Crippen LogP contribution in [0.3, 0.4) is 0 Å². The molecule has 0 radical (unpaired) electrons. The van der Waals surface area contributed by atoms with Crippen molar-refractivity contribution in [2.45, 2.75) is 24.9 Å². The molecule has 1 N–H and O–H groups in total. The van der Waals surface area contributed by atoms with Crippen LogP contribution >= 0.6 is 0 Å². The van der Waals surface area contributed by atoms with Crippen molar-refractivity contribution in [3.8, 4) is 5.75 Å². The van der Waals surface area contributed by atoms with E-state index in [1.807, 2.05) is 0 Å². The van der Waals surface area contributed by atoms with Gasteiger partial charge in [0.25, 0.3) is 5.91 Å². The van der Waals surface area contributed by atoms with Crippen molar-refractivity contribution >= 4 is 5.91 Å². The fraction of sp³-hybridized carbons (Fsp3) is 0.421. The number of likely N-dealkylation sites (tertiary alicyclic amines) is 1. The van der Waals surface area contributed by atoms with Crippen LogP contribution in [-0.4, -0.2) is 43.1 Å². The maximum Gasteiger partial charge on any atom is 0.416 e. The number of ether oxygens (including phenoxy) is 1. The van der Waals surface area contributed by atoms with Crippen LogP contribution in [0.15, 0.2) is 42.2 Å². The summed E-state index contributed by atoms with van der Waals surface area (Å²) in [5.41, 5.74) is 3.47. The number of methoxy groups -OCH3 is 1. The summed E-state index contributed by atoms with van der Waals surface area (Å²) < 4.78 is 44.1. The Hall–Kier alpha value is -2.64. The molecule has 27 heavy (non-hydrogen) atoms. The Kier molecular flexibility index (Phi) is 5.34. The van der Waals surface area contributed by atoms with E-state index in [0.29, 0.717) is 24.2 Å². The summed E-state index contributed by atoms with van der Waals surface area (Å²) in [6.45, 7) is 1.07. The Balaban J connectivity index is 1.80. The molecule has 1 saturated heterocycles. The van der Waals surface area contributed by atoms with Crippen LogP contribution in [0.5, 0.6) is 5.75 Å². The van der Waals surface area contributed by atoms with Gasteiger partial charge in [0.1, 0.15) is 5.75 Å². The van der Waals surface area contributed by atoms with Crippen LogP contribution < -0.4 is 10.2 Å². The van der Waals surface area contributed by atoms with Gasteiger partial charge in [-0.3, -0.25) is 9.80 Å². The van der Waals surface area contributed by atoms with Crippen molar-refractivity contribution in [1.82, 2.24) is 15.3 Å². The van der Waals surface area contributed by atoms with Gasteiger partial charge >= 0.3 is 6.18 Å². The van der Waals surface area contributed by atoms with Crippen molar-refractivity contribution < 1.29 is 22.7 Å². The zero-order valence-electron chi connectivity index (χ0n) is 15.2. The second-order valence-corrected chi connectivity index (χ2v) is 6.70. The van der Waals surface area contributed by atoms with Crippen LogP contribution in [0.4, 0.5) is 13.2 Å². The summed E-state index contributed by atoms with van der Waals surface area (Å²) >= 11 is 0. The van der Waals surface area contributed by atoms with Crippen LogP contribution in [0, 0.1) is 0 Å². The lowest BCUT2D eigenvalue weighted by Gasteiger charge is -2.34. The predicted octanol–water partition coefficient (Wildman–Crippen LogP) is 3.27. The van der Waals surface area contributed by atoms with E-state index in [0.717, 1.165) is 25.0 Å². The van der Waals surface area contributed by atoms with Crippen LogP contribution in [0.1, 0.15) is 29.9 Å². The molecule has 0 saturated carbocycles. The predicted molar refractivity (Wildman–Crippen MR) is 94.7 cm³/mol. The number of amides is 1. The molecule has 8 heteroatoms. The first-order chi connectivity index (χ1) is 12.8. The molecule has 2 aliphatic rings. The van der Waals surface area contributed by atoms with E-state index in [1.54, 1.807) is 35.4 Å². The average molecular weight is 381 g/mol. The summed E-state index contributed by atoms with van der Waals surface area (Å²) in [5, 5.41) is 1.69. The maximum atomic E-state index is 13.0. The topological polar surface area (TPSA) is 44.8 Å². The fourth-order valence-corrected chi connectivity index (χ4v) is 3.48. The van der Waals surface area contributed by atoms with Crippen LogP contribution in [-0.2, 0) is 11.0 Å². The number of rotatable bonds is 3. The zero-order chi connectivity index (χ0) is 19.6. The summed E-state index contributed by atoms with van der Waals surface area (Å²) in [5.74, 6) is 0.0592. The molecule has 5 nitrogen and oxygen atoms in total. The molecule has 2 aliphatic heterocycles. The van der Waals surface area contributed by atoms with Crippen LogP contribution in [0.2, 0.25) is 0 Å². The van der Waals surface area contributed by atoms with Gasteiger partial charge in [-0.05, 0) is 36.6 Å². The number of hydrogen-bond acceptors (Lipinski definition) is 4. The summed E-state index contributed by atoms with van der Waals surface area (Å²) in [4.78, 5) is 14.5. The number of nitrogens with zero attached hydrogens (tertiary/aromatic N) is 2. The van der Waals surface area contributed by atoms with Gasteiger partial charge in [0.2, 0.25) is 0 Å². The Bertz CT molecular complexity index is 774. The number of carbonyl (C=O) groups is 1. The molecule has 1 atom stereocenters. The number of hydrogen-bond donors (Lipinski definition) is 1. The monoisotopic (exact) mass is 381 g/mol. The highest BCUT2D eigenvalue weighted by atomic mass is 19.4. The van der Waals surface area contributed by atoms with E-state index in [2.05, 4.69) is 5.43 Å². The van der Waals surface area contributed by atoms with Gasteiger partial charge in [0, 0.05) is 38.5 Å². The molecule has 0 spiro atoms. The van der Waals surface area contributed by atoms with Crippen molar-refractivity contribution in [3.63, 3.8) is 0 Å². The molecule has 3 rings (SSSR count). The second-order valence-electron chi connectivity index (χ2n) is 6.70. The minimum atomic E-state index is -4.42. The summed E-state index contributed by atoms with van der Waals surface area (Å²) in [6.07, 6.45) is 2.27. The minimum Gasteiger partial charge on any atom is -0.496 e. The van der Waals surface area contributed by atoms with Gasteiger partial charge in [-0.1, -0.05) is 6.07 Å². The van der Waals surface area contributed by atoms with Gasteiger partial charge < -0.3 is 15.1 Å². The molecular weight excluding hydrogens is 359 g/mol. The first-order valence-corrected chi connectivity index (χ1v) is 8.71. The van der Waals surface area contributed by atoms with Crippen molar-refractivity contribution in [1.29, 1.82) is 0 Å². The van der Waals surface area contributed by atoms with Gasteiger partial charge in [-0.2, -0.15) is 13.2 Å².